The van der Waals surface area contributed by atoms with Crippen LogP contribution in [0.3, 0.4) is 0 Å². The number of carbonyl (C=O) groups is 2. The van der Waals surface area contributed by atoms with Crippen molar-refractivity contribution >= 4 is 40.9 Å². The monoisotopic (exact) mass is 386 g/mol. The average molecular weight is 387 g/mol. The molecule has 0 saturated carbocycles. The smallest absolute Gasteiger partial charge is 0.232 e. The second-order valence-electron chi connectivity index (χ2n) is 6.57. The van der Waals surface area contributed by atoms with Crippen LogP contribution < -0.4 is 4.90 Å². The van der Waals surface area contributed by atoms with E-state index in [2.05, 4.69) is 0 Å². The number of nitrogens with zero attached hydrogens (tertiary/aromatic N) is 2. The Bertz CT molecular complexity index is 857. The van der Waals surface area contributed by atoms with Crippen LogP contribution in [-0.2, 0) is 16.1 Å². The van der Waals surface area contributed by atoms with E-state index in [0.717, 1.165) is 21.9 Å². The second kappa shape index (κ2) is 7.33. The Hall–Kier alpha value is -1.98. The van der Waals surface area contributed by atoms with Gasteiger partial charge >= 0.3 is 0 Å². The van der Waals surface area contributed by atoms with Gasteiger partial charge in [0.2, 0.25) is 11.8 Å². The third-order valence-corrected chi connectivity index (χ3v) is 6.29. The van der Waals surface area contributed by atoms with Gasteiger partial charge in [-0.15, -0.1) is 11.8 Å². The van der Waals surface area contributed by atoms with Gasteiger partial charge in [-0.3, -0.25) is 9.59 Å². The first-order valence-corrected chi connectivity index (χ1v) is 10.0. The molecule has 4 rings (SSSR count). The third kappa shape index (κ3) is 3.33. The zero-order chi connectivity index (χ0) is 18.1. The SMILES string of the molecule is O=C1C[C@@H](C(=O)N2CCSc3ccccc32)CN1Cc1ccccc1Cl. The van der Waals surface area contributed by atoms with Crippen molar-refractivity contribution < 1.29 is 9.59 Å². The summed E-state index contributed by atoms with van der Waals surface area (Å²) in [6.07, 6.45) is 0.273. The molecule has 0 unspecified atom stereocenters. The predicted molar refractivity (Wildman–Crippen MR) is 104 cm³/mol. The van der Waals surface area contributed by atoms with Crippen molar-refractivity contribution in [1.29, 1.82) is 0 Å². The summed E-state index contributed by atoms with van der Waals surface area (Å²) in [6, 6.07) is 15.5. The van der Waals surface area contributed by atoms with Crippen molar-refractivity contribution in [3.63, 3.8) is 0 Å². The number of thioether (sulfide) groups is 1. The number of benzene rings is 2. The van der Waals surface area contributed by atoms with Crippen molar-refractivity contribution in [3.05, 3.63) is 59.1 Å². The fourth-order valence-electron chi connectivity index (χ4n) is 3.54. The van der Waals surface area contributed by atoms with Crippen LogP contribution in [-0.4, -0.2) is 35.6 Å². The van der Waals surface area contributed by atoms with Gasteiger partial charge in [-0.05, 0) is 23.8 Å². The Kier molecular flexibility index (Phi) is 4.92. The Balaban J connectivity index is 1.49. The highest BCUT2D eigenvalue weighted by atomic mass is 35.5. The molecular weight excluding hydrogens is 368 g/mol. The molecule has 2 aliphatic heterocycles. The molecule has 2 amide bonds. The van der Waals surface area contributed by atoms with Crippen LogP contribution in [0.15, 0.2) is 53.4 Å². The van der Waals surface area contributed by atoms with Crippen molar-refractivity contribution in [2.45, 2.75) is 17.9 Å². The number of rotatable bonds is 3. The molecule has 0 aliphatic carbocycles. The molecule has 0 bridgehead atoms. The van der Waals surface area contributed by atoms with Crippen LogP contribution >= 0.6 is 23.4 Å². The minimum absolute atomic E-state index is 0.0166. The van der Waals surface area contributed by atoms with Gasteiger partial charge in [0.1, 0.15) is 0 Å². The van der Waals surface area contributed by atoms with Crippen molar-refractivity contribution in [2.24, 2.45) is 5.92 Å². The summed E-state index contributed by atoms with van der Waals surface area (Å²) in [6.45, 7) is 1.60. The number of anilines is 1. The van der Waals surface area contributed by atoms with Gasteiger partial charge in [-0.25, -0.2) is 0 Å². The molecule has 1 atom stereocenters. The zero-order valence-corrected chi connectivity index (χ0v) is 15.8. The minimum atomic E-state index is -0.291. The van der Waals surface area contributed by atoms with Gasteiger partial charge in [0, 0.05) is 41.7 Å². The standard InChI is InChI=1S/C20H19ClN2O2S/c21-16-6-2-1-5-14(16)12-22-13-15(11-19(22)24)20(25)23-9-10-26-18-8-4-3-7-17(18)23/h1-8,15H,9-13H2/t15-/m1/s1. The first-order valence-electron chi connectivity index (χ1n) is 8.68. The van der Waals surface area contributed by atoms with Crippen molar-refractivity contribution in [1.82, 2.24) is 4.90 Å². The Morgan fingerprint density at radius 2 is 1.92 bits per heavy atom. The summed E-state index contributed by atoms with van der Waals surface area (Å²) in [5, 5.41) is 0.650. The molecule has 2 aromatic rings. The molecule has 134 valence electrons. The lowest BCUT2D eigenvalue weighted by atomic mass is 10.1. The molecule has 1 saturated heterocycles. The number of likely N-dealkylation sites (tertiary alicyclic amines) is 1. The molecule has 2 aromatic carbocycles. The van der Waals surface area contributed by atoms with E-state index in [1.807, 2.05) is 53.4 Å². The average Bonchev–Trinajstić information content (AvgIpc) is 3.03. The highest BCUT2D eigenvalue weighted by Gasteiger charge is 2.38. The van der Waals surface area contributed by atoms with Gasteiger partial charge in [0.15, 0.2) is 0 Å². The van der Waals surface area contributed by atoms with E-state index >= 15 is 0 Å². The van der Waals surface area contributed by atoms with Crippen LogP contribution in [0.1, 0.15) is 12.0 Å². The molecular formula is C20H19ClN2O2S. The number of carbonyl (C=O) groups excluding carboxylic acids is 2. The van der Waals surface area contributed by atoms with E-state index in [4.69, 9.17) is 11.6 Å². The quantitative estimate of drug-likeness (QED) is 0.805. The molecule has 0 radical (unpaired) electrons. The van der Waals surface area contributed by atoms with E-state index in [1.165, 1.54) is 0 Å². The highest BCUT2D eigenvalue weighted by molar-refractivity contribution is 7.99. The summed E-state index contributed by atoms with van der Waals surface area (Å²) in [4.78, 5) is 30.2. The lowest BCUT2D eigenvalue weighted by Crippen LogP contribution is -2.40. The predicted octanol–water partition coefficient (Wildman–Crippen LogP) is 3.83. The zero-order valence-electron chi connectivity index (χ0n) is 14.2. The fourth-order valence-corrected chi connectivity index (χ4v) is 4.73. The number of hydrogen-bond acceptors (Lipinski definition) is 3. The largest absolute Gasteiger partial charge is 0.337 e. The number of fused-ring (bicyclic) bond motifs is 1. The van der Waals surface area contributed by atoms with E-state index in [0.29, 0.717) is 24.7 Å². The first kappa shape index (κ1) is 17.4. The maximum atomic E-state index is 13.1. The number of halogens is 1. The van der Waals surface area contributed by atoms with Gasteiger partial charge in [-0.1, -0.05) is 41.9 Å². The summed E-state index contributed by atoms with van der Waals surface area (Å²) in [5.41, 5.74) is 1.88. The molecule has 2 heterocycles. The Morgan fingerprint density at radius 3 is 2.77 bits per heavy atom. The number of hydrogen-bond donors (Lipinski definition) is 0. The van der Waals surface area contributed by atoms with E-state index < -0.39 is 0 Å². The molecule has 4 nitrogen and oxygen atoms in total. The van der Waals surface area contributed by atoms with Crippen molar-refractivity contribution in [3.8, 4) is 0 Å². The summed E-state index contributed by atoms with van der Waals surface area (Å²) in [5.74, 6) is 0.657. The Labute approximate surface area is 162 Å². The van der Waals surface area contributed by atoms with Gasteiger partial charge < -0.3 is 9.80 Å². The lowest BCUT2D eigenvalue weighted by Gasteiger charge is -2.30. The van der Waals surface area contributed by atoms with Crippen LogP contribution in [0.25, 0.3) is 0 Å². The fraction of sp³-hybridized carbons (Fsp3) is 0.300. The summed E-state index contributed by atoms with van der Waals surface area (Å²) >= 11 is 7.98. The van der Waals surface area contributed by atoms with Crippen LogP contribution in [0.4, 0.5) is 5.69 Å². The molecule has 26 heavy (non-hydrogen) atoms. The molecule has 0 spiro atoms. The summed E-state index contributed by atoms with van der Waals surface area (Å²) < 4.78 is 0. The Morgan fingerprint density at radius 1 is 1.15 bits per heavy atom. The van der Waals surface area contributed by atoms with E-state index in [1.54, 1.807) is 16.7 Å². The normalized spacial score (nSPS) is 19.6. The number of para-hydroxylation sites is 1. The molecule has 2 aliphatic rings. The first-order chi connectivity index (χ1) is 12.6. The van der Waals surface area contributed by atoms with E-state index in [-0.39, 0.29) is 24.2 Å². The molecule has 0 N–H and O–H groups in total. The second-order valence-corrected chi connectivity index (χ2v) is 8.12. The van der Waals surface area contributed by atoms with Crippen LogP contribution in [0.2, 0.25) is 5.02 Å². The topological polar surface area (TPSA) is 40.6 Å². The third-order valence-electron chi connectivity index (χ3n) is 4.88. The highest BCUT2D eigenvalue weighted by Crippen LogP contribution is 2.36. The van der Waals surface area contributed by atoms with Gasteiger partial charge in [0.05, 0.1) is 11.6 Å². The maximum absolute atomic E-state index is 13.1. The van der Waals surface area contributed by atoms with Gasteiger partial charge in [0.25, 0.3) is 0 Å². The van der Waals surface area contributed by atoms with Crippen molar-refractivity contribution in [2.75, 3.05) is 23.7 Å². The summed E-state index contributed by atoms with van der Waals surface area (Å²) in [7, 11) is 0. The lowest BCUT2D eigenvalue weighted by molar-refractivity contribution is -0.128. The van der Waals surface area contributed by atoms with E-state index in [9.17, 15) is 9.59 Å². The van der Waals surface area contributed by atoms with Gasteiger partial charge in [-0.2, -0.15) is 0 Å². The molecule has 0 aromatic heterocycles. The number of amides is 2. The van der Waals surface area contributed by atoms with Crippen LogP contribution in [0, 0.1) is 5.92 Å². The molecule has 1 fully saturated rings. The maximum Gasteiger partial charge on any atom is 0.232 e. The minimum Gasteiger partial charge on any atom is -0.337 e. The molecule has 6 heteroatoms. The van der Waals surface area contributed by atoms with Crippen LogP contribution in [0.5, 0.6) is 0 Å².